The zero-order valence-corrected chi connectivity index (χ0v) is 18.5. The molecule has 2 N–H and O–H groups in total. The minimum absolute atomic E-state index is 0.0342. The number of aromatic nitrogens is 4. The summed E-state index contributed by atoms with van der Waals surface area (Å²) in [4.78, 5) is 19.6. The number of morpholine rings is 1. The summed E-state index contributed by atoms with van der Waals surface area (Å²) in [5, 5.41) is 0. The molecule has 4 rings (SSSR count). The maximum absolute atomic E-state index is 12.3. The van der Waals surface area contributed by atoms with Crippen LogP contribution in [0.5, 0.6) is 5.88 Å². The fraction of sp³-hybridized carbons (Fsp3) is 0.579. The minimum Gasteiger partial charge on any atom is -0.474 e. The molecular weight excluding hydrogens is 405 g/mol. The van der Waals surface area contributed by atoms with Crippen molar-refractivity contribution >= 4 is 19.2 Å². The van der Waals surface area contributed by atoms with Crippen molar-refractivity contribution in [3.63, 3.8) is 0 Å². The zero-order valence-electron chi connectivity index (χ0n) is 17.6. The van der Waals surface area contributed by atoms with E-state index in [0.717, 1.165) is 31.5 Å². The summed E-state index contributed by atoms with van der Waals surface area (Å²) in [5.41, 5.74) is 7.04. The van der Waals surface area contributed by atoms with Crippen molar-refractivity contribution < 1.29 is 14.0 Å². The quantitative estimate of drug-likeness (QED) is 0.675. The number of hydrogen-bond donors (Lipinski definition) is 1. The second kappa shape index (κ2) is 8.45. The van der Waals surface area contributed by atoms with Gasteiger partial charge < -0.3 is 24.7 Å². The number of nitrogens with two attached hydrogens (primary N) is 1. The van der Waals surface area contributed by atoms with Crippen molar-refractivity contribution in [3.8, 4) is 17.1 Å². The van der Waals surface area contributed by atoms with Crippen LogP contribution < -0.4 is 15.4 Å². The molecule has 0 radical (unpaired) electrons. The van der Waals surface area contributed by atoms with E-state index < -0.39 is 7.29 Å². The van der Waals surface area contributed by atoms with Gasteiger partial charge in [0.05, 0.1) is 18.9 Å². The van der Waals surface area contributed by atoms with Crippen molar-refractivity contribution in [1.29, 1.82) is 0 Å². The smallest absolute Gasteiger partial charge is 0.229 e. The average molecular weight is 433 g/mol. The lowest BCUT2D eigenvalue weighted by atomic mass is 9.89. The van der Waals surface area contributed by atoms with E-state index in [2.05, 4.69) is 19.9 Å². The lowest BCUT2D eigenvalue weighted by molar-refractivity contribution is 0.0555. The Kier molecular flexibility index (Phi) is 5.90. The number of nitrogens with zero attached hydrogens (tertiary/aromatic N) is 6. The molecule has 0 aromatic carbocycles. The van der Waals surface area contributed by atoms with Gasteiger partial charge in [-0.2, -0.15) is 4.98 Å². The van der Waals surface area contributed by atoms with Gasteiger partial charge >= 0.3 is 0 Å². The minimum atomic E-state index is -2.26. The van der Waals surface area contributed by atoms with Crippen molar-refractivity contribution in [1.82, 2.24) is 24.6 Å². The van der Waals surface area contributed by atoms with Gasteiger partial charge in [-0.25, -0.2) is 15.0 Å². The van der Waals surface area contributed by atoms with Crippen LogP contribution in [-0.4, -0.2) is 83.4 Å². The van der Waals surface area contributed by atoms with Gasteiger partial charge in [-0.1, -0.05) is 0 Å². The fourth-order valence-corrected chi connectivity index (χ4v) is 4.47. The summed E-state index contributed by atoms with van der Waals surface area (Å²) in [6.45, 7) is 6.31. The Morgan fingerprint density at radius 2 is 1.87 bits per heavy atom. The van der Waals surface area contributed by atoms with Crippen LogP contribution in [0.15, 0.2) is 18.5 Å². The van der Waals surface area contributed by atoms with Crippen molar-refractivity contribution in [2.24, 2.45) is 0 Å². The molecule has 1 aliphatic heterocycles. The summed E-state index contributed by atoms with van der Waals surface area (Å²) >= 11 is 0. The molecule has 0 bridgehead atoms. The Balaban J connectivity index is 1.54. The summed E-state index contributed by atoms with van der Waals surface area (Å²) in [6, 6.07) is 2.07. The lowest BCUT2D eigenvalue weighted by Gasteiger charge is -2.42. The van der Waals surface area contributed by atoms with Gasteiger partial charge in [-0.15, -0.1) is 0 Å². The van der Waals surface area contributed by atoms with Crippen molar-refractivity contribution in [2.75, 3.05) is 57.3 Å². The molecule has 2 aliphatic rings. The molecule has 2 aromatic rings. The molecule has 11 heteroatoms. The first kappa shape index (κ1) is 21.0. The highest BCUT2D eigenvalue weighted by Crippen LogP contribution is 2.46. The highest BCUT2D eigenvalue weighted by molar-refractivity contribution is 7.59. The fourth-order valence-electron chi connectivity index (χ4n) is 3.50. The molecule has 0 amide bonds. The number of rotatable bonds is 6. The molecule has 0 spiro atoms. The van der Waals surface area contributed by atoms with E-state index in [0.29, 0.717) is 30.7 Å². The summed E-state index contributed by atoms with van der Waals surface area (Å²) < 4.78 is 25.9. The van der Waals surface area contributed by atoms with E-state index in [1.54, 1.807) is 31.8 Å². The van der Waals surface area contributed by atoms with Crippen LogP contribution in [0.2, 0.25) is 0 Å². The predicted molar refractivity (Wildman–Crippen MR) is 115 cm³/mol. The first-order chi connectivity index (χ1) is 14.3. The van der Waals surface area contributed by atoms with Crippen LogP contribution in [-0.2, 0) is 9.30 Å². The Hall–Kier alpha value is -2.29. The van der Waals surface area contributed by atoms with E-state index in [4.69, 9.17) is 20.2 Å². The first-order valence-electron chi connectivity index (χ1n) is 10.0. The molecule has 2 fully saturated rings. The van der Waals surface area contributed by atoms with Gasteiger partial charge in [0.1, 0.15) is 13.4 Å². The van der Waals surface area contributed by atoms with Crippen LogP contribution in [0.1, 0.15) is 12.8 Å². The number of hydrogen-bond acceptors (Lipinski definition) is 9. The van der Waals surface area contributed by atoms with Gasteiger partial charge in [0.25, 0.3) is 0 Å². The normalized spacial score (nSPS) is 22.1. The molecule has 0 atom stereocenters. The number of ether oxygens (including phenoxy) is 2. The largest absolute Gasteiger partial charge is 0.474 e. The molecular formula is C19H28N7O3P. The zero-order chi connectivity index (χ0) is 21.3. The molecule has 10 nitrogen and oxygen atoms in total. The van der Waals surface area contributed by atoms with Gasteiger partial charge in [0, 0.05) is 69.3 Å². The van der Waals surface area contributed by atoms with Gasteiger partial charge in [-0.05, 0) is 7.05 Å². The van der Waals surface area contributed by atoms with Crippen LogP contribution in [0.3, 0.4) is 0 Å². The van der Waals surface area contributed by atoms with Crippen LogP contribution in [0.4, 0.5) is 11.9 Å². The molecule has 3 heterocycles. The second-order valence-corrected chi connectivity index (χ2v) is 11.3. The summed E-state index contributed by atoms with van der Waals surface area (Å²) in [6.07, 6.45) is 4.96. The summed E-state index contributed by atoms with van der Waals surface area (Å²) in [7, 11) is -0.337. The van der Waals surface area contributed by atoms with Crippen molar-refractivity contribution in [3.05, 3.63) is 18.5 Å². The second-order valence-electron chi connectivity index (χ2n) is 8.05. The highest BCUT2D eigenvalue weighted by atomic mass is 31.2. The maximum Gasteiger partial charge on any atom is 0.229 e. The molecule has 30 heavy (non-hydrogen) atoms. The third-order valence-electron chi connectivity index (χ3n) is 5.60. The van der Waals surface area contributed by atoms with E-state index in [1.165, 1.54) is 0 Å². The Bertz CT molecular complexity index is 924. The molecule has 162 valence electrons. The standard InChI is InChI=1S/C19H28N7O3P/c1-25(30(2,3)27)14-8-15(9-14)29-17-10-16(13-11-21-18(20)22-12-13)23-19(24-17)26-4-6-28-7-5-26/h10-12,14-15H,4-9H2,1-3H3,(H2,20,21,22). The third-order valence-corrected chi connectivity index (χ3v) is 7.44. The van der Waals surface area contributed by atoms with Crippen LogP contribution in [0, 0.1) is 0 Å². The molecule has 1 saturated heterocycles. The monoisotopic (exact) mass is 433 g/mol. The molecule has 1 aliphatic carbocycles. The summed E-state index contributed by atoms with van der Waals surface area (Å²) in [5.74, 6) is 1.33. The van der Waals surface area contributed by atoms with Crippen molar-refractivity contribution in [2.45, 2.75) is 25.0 Å². The van der Waals surface area contributed by atoms with Gasteiger partial charge in [0.2, 0.25) is 17.8 Å². The van der Waals surface area contributed by atoms with Gasteiger partial charge in [-0.3, -0.25) is 4.67 Å². The molecule has 0 unspecified atom stereocenters. The van der Waals surface area contributed by atoms with Gasteiger partial charge in [0.15, 0.2) is 0 Å². The Labute approximate surface area is 176 Å². The Morgan fingerprint density at radius 3 is 2.50 bits per heavy atom. The topological polar surface area (TPSA) is 120 Å². The first-order valence-corrected chi connectivity index (χ1v) is 12.6. The van der Waals surface area contributed by atoms with Crippen LogP contribution >= 0.6 is 7.29 Å². The average Bonchev–Trinajstić information content (AvgIpc) is 2.70. The third kappa shape index (κ3) is 4.71. The predicted octanol–water partition coefficient (Wildman–Crippen LogP) is 1.73. The maximum atomic E-state index is 12.3. The van der Waals surface area contributed by atoms with E-state index in [9.17, 15) is 4.57 Å². The number of nitrogen functional groups attached to an aromatic ring is 1. The van der Waals surface area contributed by atoms with E-state index in [-0.39, 0.29) is 18.1 Å². The highest BCUT2D eigenvalue weighted by Gasteiger charge is 2.37. The SMILES string of the molecule is CN(C1CC(Oc2cc(-c3cnc(N)nc3)nc(N3CCOCC3)n2)C1)P(C)(C)=O. The van der Waals surface area contributed by atoms with E-state index in [1.807, 2.05) is 11.7 Å². The van der Waals surface area contributed by atoms with E-state index >= 15 is 0 Å². The molecule has 1 saturated carbocycles. The number of anilines is 2. The lowest BCUT2D eigenvalue weighted by Crippen LogP contribution is -2.46. The molecule has 2 aromatic heterocycles. The van der Waals surface area contributed by atoms with Crippen LogP contribution in [0.25, 0.3) is 11.3 Å². The Morgan fingerprint density at radius 1 is 1.20 bits per heavy atom.